The van der Waals surface area contributed by atoms with E-state index in [1.165, 1.54) is 7.11 Å². The summed E-state index contributed by atoms with van der Waals surface area (Å²) in [6.45, 7) is 4.19. The van der Waals surface area contributed by atoms with Gasteiger partial charge in [-0.15, -0.1) is 0 Å². The lowest BCUT2D eigenvalue weighted by atomic mass is 9.65. The van der Waals surface area contributed by atoms with Crippen LogP contribution < -0.4 is 28.9 Å². The molecule has 1 aromatic rings. The molecule has 176 valence electrons. The van der Waals surface area contributed by atoms with Crippen LogP contribution in [-0.4, -0.2) is 73.2 Å². The number of benzene rings is 1. The van der Waals surface area contributed by atoms with Crippen molar-refractivity contribution < 1.29 is 52.6 Å². The van der Waals surface area contributed by atoms with Crippen molar-refractivity contribution in [3.05, 3.63) is 29.8 Å². The number of aliphatic hydroxyl groups excluding tert-OH is 1. The molecule has 3 aliphatic heterocycles. The summed E-state index contributed by atoms with van der Waals surface area (Å²) in [6, 6.07) is 7.79. The lowest BCUT2D eigenvalue weighted by molar-refractivity contribution is -0.949. The van der Waals surface area contributed by atoms with E-state index in [1.54, 1.807) is 0 Å². The van der Waals surface area contributed by atoms with Crippen molar-refractivity contribution >= 4 is 17.4 Å². The fourth-order valence-electron chi connectivity index (χ4n) is 7.05. The number of para-hydroxylation sites is 1. The first-order valence-electron chi connectivity index (χ1n) is 11.5. The van der Waals surface area contributed by atoms with Crippen molar-refractivity contribution in [2.24, 2.45) is 17.8 Å². The molecule has 1 N–H and O–H groups in total. The van der Waals surface area contributed by atoms with E-state index in [-0.39, 0.29) is 47.8 Å². The lowest BCUT2D eigenvalue weighted by Crippen LogP contribution is -3.00. The minimum absolute atomic E-state index is 0. The zero-order valence-corrected chi connectivity index (χ0v) is 21.2. The first-order chi connectivity index (χ1) is 14.9. The van der Waals surface area contributed by atoms with Crippen LogP contribution in [0.5, 0.6) is 0 Å². The number of fused-ring (bicyclic) bond motifs is 6. The number of carbonyl (C=O) groups is 2. The average Bonchev–Trinajstić information content (AvgIpc) is 3.01. The Kier molecular flexibility index (Phi) is 6.37. The van der Waals surface area contributed by atoms with Crippen molar-refractivity contribution in [2.45, 2.75) is 50.6 Å². The van der Waals surface area contributed by atoms with E-state index in [2.05, 4.69) is 11.9 Å². The molecule has 0 unspecified atom stereocenters. The summed E-state index contributed by atoms with van der Waals surface area (Å²) in [5.74, 6) is -0.376. The molecule has 1 saturated carbocycles. The third-order valence-electron chi connectivity index (χ3n) is 8.44. The number of esters is 1. The zero-order valence-electron chi connectivity index (χ0n) is 19.0. The Morgan fingerprint density at radius 2 is 2.06 bits per heavy atom. The molecule has 5 rings (SSSR count). The number of methoxy groups -OCH3 is 1. The molecule has 1 aromatic carbocycles. The van der Waals surface area contributed by atoms with Gasteiger partial charge in [0.25, 0.3) is 0 Å². The van der Waals surface area contributed by atoms with Crippen LogP contribution in [0.25, 0.3) is 0 Å². The molecule has 0 aromatic heterocycles. The Morgan fingerprint density at radius 3 is 2.78 bits per heavy atom. The highest BCUT2D eigenvalue weighted by molar-refractivity contribution is 6.13. The molecular weight excluding hydrogens is 523 g/mol. The van der Waals surface area contributed by atoms with Crippen molar-refractivity contribution in [3.63, 3.8) is 0 Å². The molecule has 3 fully saturated rings. The Bertz CT molecular complexity index is 912. The van der Waals surface area contributed by atoms with Crippen LogP contribution in [0.1, 0.15) is 43.0 Å². The fraction of sp³-hybridized carbons (Fsp3) is 0.667. The molecule has 7 atom stereocenters. The van der Waals surface area contributed by atoms with Gasteiger partial charge in [-0.05, 0) is 37.8 Å². The molecule has 7 nitrogen and oxygen atoms in total. The summed E-state index contributed by atoms with van der Waals surface area (Å²) in [7, 11) is 3.68. The lowest BCUT2D eigenvalue weighted by Gasteiger charge is -2.61. The monoisotopic (exact) mass is 556 g/mol. The first-order valence-corrected chi connectivity index (χ1v) is 11.5. The van der Waals surface area contributed by atoms with E-state index in [4.69, 9.17) is 9.47 Å². The minimum Gasteiger partial charge on any atom is -1.00 e. The van der Waals surface area contributed by atoms with E-state index < -0.39 is 17.7 Å². The number of carbonyl (C=O) groups excluding carboxylic acids is 2. The van der Waals surface area contributed by atoms with E-state index in [0.717, 1.165) is 41.7 Å². The van der Waals surface area contributed by atoms with Gasteiger partial charge in [0.1, 0.15) is 0 Å². The predicted molar refractivity (Wildman–Crippen MR) is 114 cm³/mol. The number of ketones is 1. The van der Waals surface area contributed by atoms with Crippen LogP contribution in [-0.2, 0) is 14.3 Å². The summed E-state index contributed by atoms with van der Waals surface area (Å²) >= 11 is 0. The normalized spacial score (nSPS) is 39.8. The van der Waals surface area contributed by atoms with Gasteiger partial charge in [-0.25, -0.2) is 0 Å². The number of hydrogen-bond donors (Lipinski definition) is 1. The number of ether oxygens (including phenoxy) is 2. The fourth-order valence-corrected chi connectivity index (χ4v) is 7.05. The van der Waals surface area contributed by atoms with Gasteiger partial charge in [0.05, 0.1) is 51.4 Å². The van der Waals surface area contributed by atoms with Crippen molar-refractivity contribution in [1.82, 2.24) is 0 Å². The van der Waals surface area contributed by atoms with Crippen LogP contribution in [0.3, 0.4) is 0 Å². The quantitative estimate of drug-likeness (QED) is 0.298. The number of piperidine rings is 1. The largest absolute Gasteiger partial charge is 1.00 e. The molecule has 0 radical (unpaired) electrons. The van der Waals surface area contributed by atoms with Crippen LogP contribution in [0.15, 0.2) is 24.3 Å². The average molecular weight is 556 g/mol. The van der Waals surface area contributed by atoms with E-state index >= 15 is 0 Å². The van der Waals surface area contributed by atoms with Gasteiger partial charge in [-0.2, -0.15) is 0 Å². The number of Topliss-reactive ketones (excluding diaryl/α,β-unsaturated/α-hetero) is 1. The first kappa shape index (κ1) is 23.9. The van der Waals surface area contributed by atoms with Gasteiger partial charge < -0.3 is 43.0 Å². The maximum absolute atomic E-state index is 13.6. The third-order valence-corrected chi connectivity index (χ3v) is 8.44. The third kappa shape index (κ3) is 3.24. The molecule has 1 aliphatic carbocycles. The second kappa shape index (κ2) is 8.52. The van der Waals surface area contributed by atoms with Crippen LogP contribution in [0.4, 0.5) is 5.69 Å². The van der Waals surface area contributed by atoms with Gasteiger partial charge in [0.15, 0.2) is 6.17 Å². The van der Waals surface area contributed by atoms with E-state index in [0.29, 0.717) is 25.4 Å². The van der Waals surface area contributed by atoms with E-state index in [9.17, 15) is 14.7 Å². The summed E-state index contributed by atoms with van der Waals surface area (Å²) in [6.07, 6.45) is 2.28. The number of nitrogens with zero attached hydrogens (tertiary/aromatic N) is 2. The number of anilines is 1. The smallest absolute Gasteiger partial charge is 0.311 e. The minimum atomic E-state index is -0.970. The highest BCUT2D eigenvalue weighted by atomic mass is 127. The molecule has 0 bridgehead atoms. The molecule has 32 heavy (non-hydrogen) atoms. The van der Waals surface area contributed by atoms with Gasteiger partial charge >= 0.3 is 5.97 Å². The number of hydrogen-bond acceptors (Lipinski definition) is 6. The van der Waals surface area contributed by atoms with Crippen molar-refractivity contribution in [3.8, 4) is 0 Å². The summed E-state index contributed by atoms with van der Waals surface area (Å²) < 4.78 is 12.2. The van der Waals surface area contributed by atoms with Crippen LogP contribution >= 0.6 is 0 Å². The Balaban J connectivity index is 0.00000245. The molecule has 3 heterocycles. The van der Waals surface area contributed by atoms with Gasteiger partial charge in [-0.1, -0.05) is 12.1 Å². The highest BCUT2D eigenvalue weighted by Crippen LogP contribution is 2.53. The maximum atomic E-state index is 13.6. The number of rotatable bonds is 3. The summed E-state index contributed by atoms with van der Waals surface area (Å²) in [5.41, 5.74) is 0.681. The molecule has 8 heteroatoms. The standard InChI is InChI=1S/C24H33N2O5.HI/c1-4-31-24-11-12-26(2)14-15-9-10-19(27)21(23(29)30-3)17(15)13-20(26)25(24)18-8-6-5-7-16(18)22(24)28;/h5-8,15,17,19-21,27H,4,9-14H2,1-3H3;1H/q+1;/p-1/t15-,17-,19+,20-,21+,24+,26-;/m0./s1. The molecule has 0 amide bonds. The molecule has 2 saturated heterocycles. The number of quaternary nitrogens is 1. The van der Waals surface area contributed by atoms with Gasteiger partial charge in [-0.3, -0.25) is 14.5 Å². The Labute approximate surface area is 206 Å². The van der Waals surface area contributed by atoms with Gasteiger partial charge in [0.2, 0.25) is 11.5 Å². The topological polar surface area (TPSA) is 76.1 Å². The second-order valence-electron chi connectivity index (χ2n) is 9.90. The maximum Gasteiger partial charge on any atom is 0.311 e. The van der Waals surface area contributed by atoms with Crippen molar-refractivity contribution in [1.29, 1.82) is 0 Å². The number of halogens is 1. The van der Waals surface area contributed by atoms with Crippen LogP contribution in [0, 0.1) is 17.8 Å². The van der Waals surface area contributed by atoms with Gasteiger partial charge in [0, 0.05) is 24.5 Å². The molecule has 0 spiro atoms. The van der Waals surface area contributed by atoms with E-state index in [1.807, 2.05) is 31.2 Å². The van der Waals surface area contributed by atoms with Crippen molar-refractivity contribution in [2.75, 3.05) is 38.8 Å². The zero-order chi connectivity index (χ0) is 22.0. The summed E-state index contributed by atoms with van der Waals surface area (Å²) in [4.78, 5) is 28.4. The van der Waals surface area contributed by atoms with Crippen LogP contribution in [0.2, 0.25) is 0 Å². The predicted octanol–water partition coefficient (Wildman–Crippen LogP) is -0.817. The molecule has 4 aliphatic rings. The number of aliphatic hydroxyl groups is 1. The highest BCUT2D eigenvalue weighted by Gasteiger charge is 2.65. The Morgan fingerprint density at radius 1 is 1.31 bits per heavy atom. The molecular formula is C24H33IN2O5. The summed E-state index contributed by atoms with van der Waals surface area (Å²) in [5, 5.41) is 10.7. The second-order valence-corrected chi connectivity index (χ2v) is 9.90. The SMILES string of the molecule is CCO[C@@]12CC[N@@+]3(C)C[C@@H]4CC[C@@H](O)[C@H](C(=O)OC)[C@H]4C[C@H]3N1c1ccccc1C2=O.[I-]. The Hall–Kier alpha value is -1.23.